The van der Waals surface area contributed by atoms with Crippen molar-refractivity contribution in [2.24, 2.45) is 0 Å². The fourth-order valence-electron chi connectivity index (χ4n) is 3.45. The lowest BCUT2D eigenvalue weighted by atomic mass is 9.88. The van der Waals surface area contributed by atoms with E-state index in [9.17, 15) is 4.79 Å². The summed E-state index contributed by atoms with van der Waals surface area (Å²) in [6, 6.07) is 18.0. The van der Waals surface area contributed by atoms with E-state index < -0.39 is 0 Å². The average molecular weight is 358 g/mol. The molecule has 1 amide bonds. The Kier molecular flexibility index (Phi) is 6.11. The Morgan fingerprint density at radius 3 is 2.28 bits per heavy atom. The third kappa shape index (κ3) is 4.62. The van der Waals surface area contributed by atoms with Crippen LogP contribution in [0, 0.1) is 0 Å². The number of piperidine rings is 1. The molecule has 0 saturated carbocycles. The molecule has 1 atom stereocenters. The molecule has 0 bridgehead atoms. The highest BCUT2D eigenvalue weighted by Gasteiger charge is 2.26. The van der Waals surface area contributed by atoms with Gasteiger partial charge in [-0.05, 0) is 36.1 Å². The van der Waals surface area contributed by atoms with E-state index in [4.69, 9.17) is 16.3 Å². The Morgan fingerprint density at radius 2 is 1.68 bits per heavy atom. The quantitative estimate of drug-likeness (QED) is 0.788. The first-order chi connectivity index (χ1) is 12.2. The number of ether oxygens (including phenoxy) is 1. The zero-order valence-corrected chi connectivity index (χ0v) is 15.3. The van der Waals surface area contributed by atoms with Crippen molar-refractivity contribution in [3.8, 4) is 0 Å². The fourth-order valence-corrected chi connectivity index (χ4v) is 3.58. The highest BCUT2D eigenvalue weighted by atomic mass is 35.5. The minimum atomic E-state index is 0.0473. The van der Waals surface area contributed by atoms with Gasteiger partial charge in [-0.3, -0.25) is 4.79 Å². The number of likely N-dealkylation sites (tertiary alicyclic amines) is 1. The molecule has 0 N–H and O–H groups in total. The van der Waals surface area contributed by atoms with Crippen LogP contribution in [0.5, 0.6) is 0 Å². The van der Waals surface area contributed by atoms with E-state index in [1.807, 2.05) is 47.4 Å². The van der Waals surface area contributed by atoms with Crippen LogP contribution < -0.4 is 0 Å². The lowest BCUT2D eigenvalue weighted by molar-refractivity contribution is -0.133. The van der Waals surface area contributed by atoms with Crippen LogP contribution in [0.2, 0.25) is 5.02 Å². The molecular weight excluding hydrogens is 334 g/mol. The predicted molar refractivity (Wildman–Crippen MR) is 101 cm³/mol. The lowest BCUT2D eigenvalue weighted by Crippen LogP contribution is -2.41. The van der Waals surface area contributed by atoms with E-state index in [-0.39, 0.29) is 17.9 Å². The van der Waals surface area contributed by atoms with Crippen LogP contribution in [0.1, 0.15) is 36.3 Å². The molecule has 3 rings (SSSR count). The van der Waals surface area contributed by atoms with Crippen LogP contribution in [-0.4, -0.2) is 37.1 Å². The zero-order valence-electron chi connectivity index (χ0n) is 14.5. The summed E-state index contributed by atoms with van der Waals surface area (Å²) in [6.07, 6.45) is 2.59. The van der Waals surface area contributed by atoms with Gasteiger partial charge in [0, 0.05) is 37.6 Å². The van der Waals surface area contributed by atoms with Crippen molar-refractivity contribution in [1.82, 2.24) is 4.90 Å². The van der Waals surface area contributed by atoms with Crippen molar-refractivity contribution in [2.75, 3.05) is 20.2 Å². The number of benzene rings is 2. The van der Waals surface area contributed by atoms with Crippen LogP contribution in [0.4, 0.5) is 0 Å². The highest BCUT2D eigenvalue weighted by molar-refractivity contribution is 6.30. The minimum Gasteiger partial charge on any atom is -0.381 e. The van der Waals surface area contributed by atoms with E-state index in [1.165, 1.54) is 0 Å². The van der Waals surface area contributed by atoms with Gasteiger partial charge in [-0.25, -0.2) is 0 Å². The highest BCUT2D eigenvalue weighted by Crippen LogP contribution is 2.30. The molecule has 1 heterocycles. The second kappa shape index (κ2) is 8.50. The van der Waals surface area contributed by atoms with Crippen LogP contribution in [-0.2, 0) is 9.53 Å². The predicted octanol–water partition coefficient (Wildman–Crippen LogP) is 4.50. The Balaban J connectivity index is 1.76. The van der Waals surface area contributed by atoms with Crippen LogP contribution in [0.25, 0.3) is 0 Å². The number of hydrogen-bond acceptors (Lipinski definition) is 2. The molecule has 4 heteroatoms. The van der Waals surface area contributed by atoms with Crippen molar-refractivity contribution in [2.45, 2.75) is 31.3 Å². The summed E-state index contributed by atoms with van der Waals surface area (Å²) in [6.45, 7) is 1.55. The van der Waals surface area contributed by atoms with Crippen LogP contribution >= 0.6 is 11.6 Å². The standard InChI is InChI=1S/C21H24ClNO2/c1-25-19-11-13-23(14-12-19)21(24)15-20(16-5-3-2-4-6-16)17-7-9-18(22)10-8-17/h2-10,19-20H,11-15H2,1H3/t20-/m1/s1. The third-order valence-corrected chi connectivity index (χ3v) is 5.23. The van der Waals surface area contributed by atoms with Gasteiger partial charge in [-0.2, -0.15) is 0 Å². The van der Waals surface area contributed by atoms with E-state index in [0.717, 1.165) is 37.1 Å². The molecule has 1 aliphatic heterocycles. The molecule has 2 aromatic carbocycles. The van der Waals surface area contributed by atoms with Crippen molar-refractivity contribution in [3.63, 3.8) is 0 Å². The van der Waals surface area contributed by atoms with Crippen molar-refractivity contribution < 1.29 is 9.53 Å². The second-order valence-corrected chi connectivity index (χ2v) is 6.97. The van der Waals surface area contributed by atoms with Gasteiger partial charge in [0.1, 0.15) is 0 Å². The van der Waals surface area contributed by atoms with Gasteiger partial charge in [0.15, 0.2) is 0 Å². The maximum atomic E-state index is 12.9. The Hall–Kier alpha value is -1.84. The summed E-state index contributed by atoms with van der Waals surface area (Å²) in [5, 5.41) is 0.712. The van der Waals surface area contributed by atoms with Gasteiger partial charge in [-0.1, -0.05) is 54.1 Å². The first-order valence-corrected chi connectivity index (χ1v) is 9.16. The molecule has 1 aliphatic rings. The van der Waals surface area contributed by atoms with E-state index in [1.54, 1.807) is 7.11 Å². The fraction of sp³-hybridized carbons (Fsp3) is 0.381. The van der Waals surface area contributed by atoms with Crippen molar-refractivity contribution in [3.05, 3.63) is 70.7 Å². The maximum absolute atomic E-state index is 12.9. The molecule has 1 fully saturated rings. The zero-order chi connectivity index (χ0) is 17.6. The molecule has 25 heavy (non-hydrogen) atoms. The maximum Gasteiger partial charge on any atom is 0.223 e. The number of amides is 1. The average Bonchev–Trinajstić information content (AvgIpc) is 2.67. The minimum absolute atomic E-state index is 0.0473. The third-order valence-electron chi connectivity index (χ3n) is 4.98. The molecule has 3 nitrogen and oxygen atoms in total. The summed E-state index contributed by atoms with van der Waals surface area (Å²) in [5.74, 6) is 0.254. The summed E-state index contributed by atoms with van der Waals surface area (Å²) < 4.78 is 5.40. The van der Waals surface area contributed by atoms with Gasteiger partial charge in [-0.15, -0.1) is 0 Å². The number of halogens is 1. The molecule has 2 aromatic rings. The Morgan fingerprint density at radius 1 is 1.08 bits per heavy atom. The molecule has 0 spiro atoms. The molecule has 0 radical (unpaired) electrons. The molecule has 0 aliphatic carbocycles. The van der Waals surface area contributed by atoms with E-state index in [2.05, 4.69) is 12.1 Å². The monoisotopic (exact) mass is 357 g/mol. The summed E-state index contributed by atoms with van der Waals surface area (Å²) in [5.41, 5.74) is 2.28. The summed E-state index contributed by atoms with van der Waals surface area (Å²) in [4.78, 5) is 14.8. The van der Waals surface area contributed by atoms with Gasteiger partial charge in [0.2, 0.25) is 5.91 Å². The Bertz CT molecular complexity index is 679. The SMILES string of the molecule is COC1CCN(C(=O)C[C@H](c2ccccc2)c2ccc(Cl)cc2)CC1. The number of methoxy groups -OCH3 is 1. The first kappa shape index (κ1) is 18.0. The Labute approximate surface area is 154 Å². The number of carbonyl (C=O) groups is 1. The molecule has 0 unspecified atom stereocenters. The molecule has 1 saturated heterocycles. The van der Waals surface area contributed by atoms with Gasteiger partial charge < -0.3 is 9.64 Å². The normalized spacial score (nSPS) is 16.6. The van der Waals surface area contributed by atoms with Gasteiger partial charge in [0.05, 0.1) is 6.10 Å². The number of nitrogens with zero attached hydrogens (tertiary/aromatic N) is 1. The van der Waals surface area contributed by atoms with Crippen molar-refractivity contribution >= 4 is 17.5 Å². The molecular formula is C21H24ClNO2. The lowest BCUT2D eigenvalue weighted by Gasteiger charge is -2.32. The topological polar surface area (TPSA) is 29.5 Å². The molecule has 0 aromatic heterocycles. The van der Waals surface area contributed by atoms with E-state index in [0.29, 0.717) is 11.4 Å². The largest absolute Gasteiger partial charge is 0.381 e. The second-order valence-electron chi connectivity index (χ2n) is 6.53. The van der Waals surface area contributed by atoms with Gasteiger partial charge >= 0.3 is 0 Å². The van der Waals surface area contributed by atoms with Crippen molar-refractivity contribution in [1.29, 1.82) is 0 Å². The van der Waals surface area contributed by atoms with Gasteiger partial charge in [0.25, 0.3) is 0 Å². The smallest absolute Gasteiger partial charge is 0.223 e. The van der Waals surface area contributed by atoms with Crippen LogP contribution in [0.15, 0.2) is 54.6 Å². The number of hydrogen-bond donors (Lipinski definition) is 0. The summed E-state index contributed by atoms with van der Waals surface area (Å²) >= 11 is 6.03. The number of rotatable bonds is 5. The van der Waals surface area contributed by atoms with Crippen LogP contribution in [0.3, 0.4) is 0 Å². The molecule has 132 valence electrons. The first-order valence-electron chi connectivity index (χ1n) is 8.78. The summed E-state index contributed by atoms with van der Waals surface area (Å²) in [7, 11) is 1.74. The number of carbonyl (C=O) groups excluding carboxylic acids is 1. The van der Waals surface area contributed by atoms with E-state index >= 15 is 0 Å².